The highest BCUT2D eigenvalue weighted by atomic mass is 79.9. The molecule has 5 heteroatoms. The van der Waals surface area contributed by atoms with Crippen LogP contribution in [0.1, 0.15) is 11.1 Å². The van der Waals surface area contributed by atoms with Crippen molar-refractivity contribution < 1.29 is 9.47 Å². The molecule has 0 saturated carbocycles. The van der Waals surface area contributed by atoms with Gasteiger partial charge in [0.1, 0.15) is 0 Å². The summed E-state index contributed by atoms with van der Waals surface area (Å²) < 4.78 is 11.7. The van der Waals surface area contributed by atoms with E-state index >= 15 is 0 Å². The molecule has 0 aromatic heterocycles. The van der Waals surface area contributed by atoms with Crippen LogP contribution in [-0.4, -0.2) is 14.2 Å². The Bertz CT molecular complexity index is 646. The van der Waals surface area contributed by atoms with Crippen LogP contribution < -0.4 is 15.2 Å². The fourth-order valence-electron chi connectivity index (χ4n) is 1.98. The molecule has 0 amide bonds. The number of hydrogen-bond acceptors (Lipinski definition) is 4. The molecule has 2 aromatic carbocycles. The van der Waals surface area contributed by atoms with Crippen molar-refractivity contribution in [3.05, 3.63) is 45.9 Å². The molecule has 0 bridgehead atoms. The zero-order chi connectivity index (χ0) is 15.4. The van der Waals surface area contributed by atoms with Crippen molar-refractivity contribution in [3.63, 3.8) is 0 Å². The van der Waals surface area contributed by atoms with Crippen molar-refractivity contribution in [2.45, 2.75) is 17.6 Å². The van der Waals surface area contributed by atoms with E-state index in [0.29, 0.717) is 0 Å². The Labute approximate surface area is 138 Å². The molecule has 0 fully saturated rings. The van der Waals surface area contributed by atoms with Crippen LogP contribution in [0.3, 0.4) is 0 Å². The average Bonchev–Trinajstić information content (AvgIpc) is 2.47. The smallest absolute Gasteiger partial charge is 0.161 e. The number of rotatable bonds is 5. The number of aryl methyl sites for hydroxylation is 1. The standard InChI is InChI=1S/C16H18BrNO2S/c1-10-6-14(19-2)15(20-3)7-11(10)9-21-16-5-4-12(17)8-13(16)18/h4-8H,9,18H2,1-3H3. The van der Waals surface area contributed by atoms with Gasteiger partial charge in [-0.25, -0.2) is 0 Å². The van der Waals surface area contributed by atoms with Crippen molar-refractivity contribution >= 4 is 33.4 Å². The van der Waals surface area contributed by atoms with Crippen molar-refractivity contribution in [1.29, 1.82) is 0 Å². The molecule has 112 valence electrons. The molecule has 3 nitrogen and oxygen atoms in total. The highest BCUT2D eigenvalue weighted by molar-refractivity contribution is 9.10. The Morgan fingerprint density at radius 2 is 1.76 bits per heavy atom. The molecule has 2 aromatic rings. The third-order valence-corrected chi connectivity index (χ3v) is 4.83. The van der Waals surface area contributed by atoms with Crippen LogP contribution in [-0.2, 0) is 5.75 Å². The minimum absolute atomic E-state index is 0.752. The second-order valence-electron chi connectivity index (χ2n) is 4.60. The lowest BCUT2D eigenvalue weighted by Gasteiger charge is -2.13. The van der Waals surface area contributed by atoms with E-state index < -0.39 is 0 Å². The van der Waals surface area contributed by atoms with E-state index in [2.05, 4.69) is 22.9 Å². The summed E-state index contributed by atoms with van der Waals surface area (Å²) in [5, 5.41) is 0. The number of ether oxygens (including phenoxy) is 2. The zero-order valence-electron chi connectivity index (χ0n) is 12.3. The summed E-state index contributed by atoms with van der Waals surface area (Å²) >= 11 is 5.13. The number of hydrogen-bond donors (Lipinski definition) is 1. The summed E-state index contributed by atoms with van der Waals surface area (Å²) in [4.78, 5) is 1.08. The van der Waals surface area contributed by atoms with Crippen LogP contribution >= 0.6 is 27.7 Å². The topological polar surface area (TPSA) is 44.5 Å². The van der Waals surface area contributed by atoms with Gasteiger partial charge in [-0.05, 0) is 48.4 Å². The maximum Gasteiger partial charge on any atom is 0.161 e. The minimum atomic E-state index is 0.752. The maximum atomic E-state index is 6.03. The first kappa shape index (κ1) is 16.0. The molecule has 0 aliphatic carbocycles. The molecular formula is C16H18BrNO2S. The predicted octanol–water partition coefficient (Wildman–Crippen LogP) is 4.65. The van der Waals surface area contributed by atoms with Crippen LogP contribution in [0.15, 0.2) is 39.7 Å². The molecule has 0 heterocycles. The van der Waals surface area contributed by atoms with Crippen LogP contribution in [0.4, 0.5) is 5.69 Å². The second-order valence-corrected chi connectivity index (χ2v) is 6.54. The van der Waals surface area contributed by atoms with Gasteiger partial charge < -0.3 is 15.2 Å². The summed E-state index contributed by atoms with van der Waals surface area (Å²) in [5.74, 6) is 2.34. The number of benzene rings is 2. The van der Waals surface area contributed by atoms with Gasteiger partial charge in [0, 0.05) is 20.8 Å². The Morgan fingerprint density at radius 1 is 1.10 bits per heavy atom. The Hall–Kier alpha value is -1.33. The van der Waals surface area contributed by atoms with Gasteiger partial charge in [-0.2, -0.15) is 0 Å². The summed E-state index contributed by atoms with van der Waals surface area (Å²) in [6.07, 6.45) is 0. The highest BCUT2D eigenvalue weighted by Crippen LogP contribution is 2.35. The molecule has 21 heavy (non-hydrogen) atoms. The fourth-order valence-corrected chi connectivity index (χ4v) is 3.38. The summed E-state index contributed by atoms with van der Waals surface area (Å²) in [7, 11) is 3.30. The molecule has 0 unspecified atom stereocenters. The number of methoxy groups -OCH3 is 2. The normalized spacial score (nSPS) is 10.5. The lowest BCUT2D eigenvalue weighted by Crippen LogP contribution is -1.95. The first-order chi connectivity index (χ1) is 10.0. The zero-order valence-corrected chi connectivity index (χ0v) is 14.7. The van der Waals surface area contributed by atoms with Gasteiger partial charge in [0.15, 0.2) is 11.5 Å². The molecule has 0 spiro atoms. The van der Waals surface area contributed by atoms with E-state index in [1.54, 1.807) is 26.0 Å². The molecule has 0 atom stereocenters. The van der Waals surface area contributed by atoms with E-state index in [0.717, 1.165) is 32.3 Å². The minimum Gasteiger partial charge on any atom is -0.493 e. The number of nitrogens with two attached hydrogens (primary N) is 1. The Balaban J connectivity index is 2.19. The molecule has 2 rings (SSSR count). The van der Waals surface area contributed by atoms with Gasteiger partial charge in [-0.3, -0.25) is 0 Å². The van der Waals surface area contributed by atoms with E-state index in [-0.39, 0.29) is 0 Å². The van der Waals surface area contributed by atoms with E-state index in [9.17, 15) is 0 Å². The molecule has 2 N–H and O–H groups in total. The first-order valence-corrected chi connectivity index (χ1v) is 8.22. The van der Waals surface area contributed by atoms with Gasteiger partial charge >= 0.3 is 0 Å². The van der Waals surface area contributed by atoms with Crippen molar-refractivity contribution in [1.82, 2.24) is 0 Å². The molecule has 0 radical (unpaired) electrons. The third kappa shape index (κ3) is 3.86. The van der Waals surface area contributed by atoms with Crippen molar-refractivity contribution in [2.24, 2.45) is 0 Å². The molecular weight excluding hydrogens is 350 g/mol. The largest absolute Gasteiger partial charge is 0.493 e. The van der Waals surface area contributed by atoms with Crippen LogP contribution in [0, 0.1) is 6.92 Å². The predicted molar refractivity (Wildman–Crippen MR) is 92.4 cm³/mol. The third-order valence-electron chi connectivity index (χ3n) is 3.20. The molecule has 0 aliphatic rings. The van der Waals surface area contributed by atoms with Crippen molar-refractivity contribution in [2.75, 3.05) is 20.0 Å². The highest BCUT2D eigenvalue weighted by Gasteiger charge is 2.09. The van der Waals surface area contributed by atoms with E-state index in [1.807, 2.05) is 30.3 Å². The van der Waals surface area contributed by atoms with Gasteiger partial charge in [0.2, 0.25) is 0 Å². The maximum absolute atomic E-state index is 6.03. The summed E-state index contributed by atoms with van der Waals surface area (Å²) in [6, 6.07) is 9.97. The van der Waals surface area contributed by atoms with Crippen LogP contribution in [0.5, 0.6) is 11.5 Å². The molecule has 0 aliphatic heterocycles. The molecule has 0 saturated heterocycles. The lowest BCUT2D eigenvalue weighted by molar-refractivity contribution is 0.354. The second kappa shape index (κ2) is 7.09. The van der Waals surface area contributed by atoms with Crippen LogP contribution in [0.2, 0.25) is 0 Å². The number of halogens is 1. The average molecular weight is 368 g/mol. The monoisotopic (exact) mass is 367 g/mol. The lowest BCUT2D eigenvalue weighted by atomic mass is 10.1. The number of thioether (sulfide) groups is 1. The van der Waals surface area contributed by atoms with Gasteiger partial charge in [-0.1, -0.05) is 15.9 Å². The Kier molecular flexibility index (Phi) is 5.42. The van der Waals surface area contributed by atoms with Gasteiger partial charge in [0.05, 0.1) is 14.2 Å². The van der Waals surface area contributed by atoms with Crippen molar-refractivity contribution in [3.8, 4) is 11.5 Å². The quantitative estimate of drug-likeness (QED) is 0.616. The van der Waals surface area contributed by atoms with Gasteiger partial charge in [0.25, 0.3) is 0 Å². The number of anilines is 1. The summed E-state index contributed by atoms with van der Waals surface area (Å²) in [5.41, 5.74) is 9.20. The van der Waals surface area contributed by atoms with Gasteiger partial charge in [-0.15, -0.1) is 11.8 Å². The first-order valence-electron chi connectivity index (χ1n) is 6.44. The van der Waals surface area contributed by atoms with E-state index in [4.69, 9.17) is 15.2 Å². The van der Waals surface area contributed by atoms with E-state index in [1.165, 1.54) is 11.1 Å². The number of nitrogen functional groups attached to an aromatic ring is 1. The SMILES string of the molecule is COc1cc(C)c(CSc2ccc(Br)cc2N)cc1OC. The Morgan fingerprint density at radius 3 is 2.38 bits per heavy atom. The summed E-state index contributed by atoms with van der Waals surface area (Å²) in [6.45, 7) is 2.07. The fraction of sp³-hybridized carbons (Fsp3) is 0.250. The van der Waals surface area contributed by atoms with Crippen LogP contribution in [0.25, 0.3) is 0 Å².